The summed E-state index contributed by atoms with van der Waals surface area (Å²) in [5.74, 6) is -0.0577. The van der Waals surface area contributed by atoms with Gasteiger partial charge in [0, 0.05) is 24.9 Å². The van der Waals surface area contributed by atoms with Gasteiger partial charge in [-0.15, -0.1) is 0 Å². The number of amides is 1. The van der Waals surface area contributed by atoms with Gasteiger partial charge in [-0.25, -0.2) is 0 Å². The van der Waals surface area contributed by atoms with Gasteiger partial charge in [-0.05, 0) is 29.2 Å². The highest BCUT2D eigenvalue weighted by molar-refractivity contribution is 5.96. The number of hydrogen-bond acceptors (Lipinski definition) is 2. The van der Waals surface area contributed by atoms with Gasteiger partial charge in [0.25, 0.3) is 5.91 Å². The Morgan fingerprint density at radius 3 is 2.40 bits per heavy atom. The Labute approximate surface area is 146 Å². The topological polar surface area (TPSA) is 54.3 Å². The minimum Gasteiger partial charge on any atom is -0.396 e. The fraction of sp³-hybridized carbons (Fsp3) is 0.190. The smallest absolute Gasteiger partial charge is 0.268 e. The number of fused-ring (bicyclic) bond motifs is 1. The molecule has 0 saturated heterocycles. The first-order chi connectivity index (χ1) is 12.3. The minimum absolute atomic E-state index is 0.0577. The molecule has 126 valence electrons. The average molecular weight is 332 g/mol. The van der Waals surface area contributed by atoms with Gasteiger partial charge >= 0.3 is 0 Å². The molecule has 0 aliphatic carbocycles. The Bertz CT molecular complexity index is 899. The van der Waals surface area contributed by atoms with Crippen LogP contribution in [-0.2, 0) is 0 Å². The van der Waals surface area contributed by atoms with Gasteiger partial charge in [0.2, 0.25) is 0 Å². The van der Waals surface area contributed by atoms with Crippen molar-refractivity contribution >= 4 is 5.91 Å². The zero-order chi connectivity index (χ0) is 17.2. The van der Waals surface area contributed by atoms with E-state index in [0.717, 1.165) is 22.3 Å². The van der Waals surface area contributed by atoms with Gasteiger partial charge in [-0.1, -0.05) is 54.6 Å². The summed E-state index contributed by atoms with van der Waals surface area (Å²) < 4.78 is 2.01. The van der Waals surface area contributed by atoms with Crippen LogP contribution in [0.4, 0.5) is 0 Å². The van der Waals surface area contributed by atoms with Gasteiger partial charge < -0.3 is 15.0 Å². The monoisotopic (exact) mass is 332 g/mol. The summed E-state index contributed by atoms with van der Waals surface area (Å²) in [5, 5.41) is 12.2. The van der Waals surface area contributed by atoms with Gasteiger partial charge in [0.1, 0.15) is 5.69 Å². The van der Waals surface area contributed by atoms with Crippen LogP contribution in [0.3, 0.4) is 0 Å². The Kier molecular flexibility index (Phi) is 4.12. The molecular weight excluding hydrogens is 312 g/mol. The maximum absolute atomic E-state index is 12.2. The molecule has 0 fully saturated rings. The molecule has 1 aromatic heterocycles. The summed E-state index contributed by atoms with van der Waals surface area (Å²) in [4.78, 5) is 12.2. The second-order valence-electron chi connectivity index (χ2n) is 6.31. The van der Waals surface area contributed by atoms with Crippen LogP contribution in [0.5, 0.6) is 0 Å². The van der Waals surface area contributed by atoms with Crippen molar-refractivity contribution in [3.05, 3.63) is 72.6 Å². The van der Waals surface area contributed by atoms with E-state index in [1.165, 1.54) is 0 Å². The first-order valence-electron chi connectivity index (χ1n) is 8.53. The predicted octanol–water partition coefficient (Wildman–Crippen LogP) is 3.49. The molecule has 2 aromatic carbocycles. The third-order valence-electron chi connectivity index (χ3n) is 4.76. The SMILES string of the molecule is O=C1NCC(CCO)n2cc(-c3ccccc3-c3ccccc3)cc21. The van der Waals surface area contributed by atoms with E-state index in [-0.39, 0.29) is 18.6 Å². The molecule has 1 aliphatic heterocycles. The van der Waals surface area contributed by atoms with Crippen molar-refractivity contribution in [3.8, 4) is 22.3 Å². The minimum atomic E-state index is -0.0577. The predicted molar refractivity (Wildman–Crippen MR) is 98.4 cm³/mol. The number of nitrogens with one attached hydrogen (secondary N) is 1. The van der Waals surface area contributed by atoms with Gasteiger partial charge in [-0.3, -0.25) is 4.79 Å². The highest BCUT2D eigenvalue weighted by Gasteiger charge is 2.25. The van der Waals surface area contributed by atoms with E-state index < -0.39 is 0 Å². The first kappa shape index (κ1) is 15.7. The van der Waals surface area contributed by atoms with E-state index in [0.29, 0.717) is 18.7 Å². The lowest BCUT2D eigenvalue weighted by Gasteiger charge is -2.25. The Morgan fingerprint density at radius 2 is 1.68 bits per heavy atom. The molecular formula is C21H20N2O2. The van der Waals surface area contributed by atoms with Gasteiger partial charge in [0.15, 0.2) is 0 Å². The lowest BCUT2D eigenvalue weighted by molar-refractivity contribution is 0.0907. The zero-order valence-corrected chi connectivity index (χ0v) is 13.9. The number of aliphatic hydroxyl groups is 1. The molecule has 2 heterocycles. The van der Waals surface area contributed by atoms with Crippen LogP contribution < -0.4 is 5.32 Å². The van der Waals surface area contributed by atoms with Crippen molar-refractivity contribution in [3.63, 3.8) is 0 Å². The molecule has 0 radical (unpaired) electrons. The van der Waals surface area contributed by atoms with E-state index in [1.54, 1.807) is 0 Å². The van der Waals surface area contributed by atoms with Crippen molar-refractivity contribution in [2.75, 3.05) is 13.2 Å². The Hall–Kier alpha value is -2.85. The Morgan fingerprint density at radius 1 is 1.00 bits per heavy atom. The Balaban J connectivity index is 1.82. The van der Waals surface area contributed by atoms with Crippen molar-refractivity contribution in [1.29, 1.82) is 0 Å². The molecule has 0 bridgehead atoms. The van der Waals surface area contributed by atoms with Crippen molar-refractivity contribution in [1.82, 2.24) is 9.88 Å². The largest absolute Gasteiger partial charge is 0.396 e. The molecule has 1 unspecified atom stereocenters. The summed E-state index contributed by atoms with van der Waals surface area (Å²) in [6.45, 7) is 0.662. The number of aromatic nitrogens is 1. The van der Waals surface area contributed by atoms with E-state index >= 15 is 0 Å². The molecule has 25 heavy (non-hydrogen) atoms. The normalized spacial score (nSPS) is 16.4. The lowest BCUT2D eigenvalue weighted by Crippen LogP contribution is -2.38. The van der Waals surface area contributed by atoms with Crippen molar-refractivity contribution < 1.29 is 9.90 Å². The molecule has 2 N–H and O–H groups in total. The summed E-state index contributed by atoms with van der Waals surface area (Å²) in [7, 11) is 0. The maximum Gasteiger partial charge on any atom is 0.268 e. The number of carbonyl (C=O) groups excluding carboxylic acids is 1. The summed E-state index contributed by atoms with van der Waals surface area (Å²) >= 11 is 0. The molecule has 3 aromatic rings. The molecule has 1 atom stereocenters. The lowest BCUT2D eigenvalue weighted by atomic mass is 9.96. The van der Waals surface area contributed by atoms with Crippen LogP contribution in [0.1, 0.15) is 23.0 Å². The number of carbonyl (C=O) groups is 1. The third-order valence-corrected chi connectivity index (χ3v) is 4.76. The van der Waals surface area contributed by atoms with E-state index in [4.69, 9.17) is 0 Å². The maximum atomic E-state index is 12.2. The standard InChI is InChI=1S/C21H20N2O2/c24-11-10-17-13-22-21(25)20-12-16(14-23(17)20)19-9-5-4-8-18(19)15-6-2-1-3-7-15/h1-9,12,14,17,24H,10-11,13H2,(H,22,25). The number of nitrogens with zero attached hydrogens (tertiary/aromatic N) is 1. The molecule has 4 rings (SSSR count). The first-order valence-corrected chi connectivity index (χ1v) is 8.53. The summed E-state index contributed by atoms with van der Waals surface area (Å²) in [5.41, 5.74) is 5.08. The van der Waals surface area contributed by atoms with Crippen LogP contribution in [0.25, 0.3) is 22.3 Å². The second kappa shape index (κ2) is 6.57. The molecule has 4 heteroatoms. The summed E-state index contributed by atoms with van der Waals surface area (Å²) in [6.07, 6.45) is 2.66. The van der Waals surface area contributed by atoms with Crippen molar-refractivity contribution in [2.24, 2.45) is 0 Å². The molecule has 4 nitrogen and oxygen atoms in total. The quantitative estimate of drug-likeness (QED) is 0.768. The van der Waals surface area contributed by atoms with Crippen LogP contribution in [0.15, 0.2) is 66.9 Å². The second-order valence-corrected chi connectivity index (χ2v) is 6.31. The number of benzene rings is 2. The fourth-order valence-corrected chi connectivity index (χ4v) is 3.50. The molecule has 1 amide bonds. The summed E-state index contributed by atoms with van der Waals surface area (Å²) in [6, 6.07) is 20.5. The van der Waals surface area contributed by atoms with Crippen LogP contribution in [0.2, 0.25) is 0 Å². The van der Waals surface area contributed by atoms with E-state index in [2.05, 4.69) is 29.6 Å². The highest BCUT2D eigenvalue weighted by Crippen LogP contribution is 2.34. The van der Waals surface area contributed by atoms with Crippen LogP contribution in [0, 0.1) is 0 Å². The van der Waals surface area contributed by atoms with Gasteiger partial charge in [0.05, 0.1) is 6.04 Å². The van der Waals surface area contributed by atoms with Crippen molar-refractivity contribution in [2.45, 2.75) is 12.5 Å². The van der Waals surface area contributed by atoms with E-state index in [9.17, 15) is 9.90 Å². The number of hydrogen-bond donors (Lipinski definition) is 2. The molecule has 0 saturated carbocycles. The van der Waals surface area contributed by atoms with Gasteiger partial charge in [-0.2, -0.15) is 0 Å². The van der Waals surface area contributed by atoms with Crippen LogP contribution in [-0.4, -0.2) is 28.7 Å². The van der Waals surface area contributed by atoms with E-state index in [1.807, 2.05) is 47.2 Å². The highest BCUT2D eigenvalue weighted by atomic mass is 16.3. The number of aliphatic hydroxyl groups excluding tert-OH is 1. The van der Waals surface area contributed by atoms with Crippen LogP contribution >= 0.6 is 0 Å². The zero-order valence-electron chi connectivity index (χ0n) is 13.9. The molecule has 1 aliphatic rings. The average Bonchev–Trinajstić information content (AvgIpc) is 3.11. The fourth-order valence-electron chi connectivity index (χ4n) is 3.50. The third kappa shape index (κ3) is 2.85. The number of rotatable bonds is 4. The molecule has 0 spiro atoms.